The zero-order chi connectivity index (χ0) is 19.6. The number of nitrogens with zero attached hydrogens (tertiary/aromatic N) is 2. The van der Waals surface area contributed by atoms with E-state index in [-0.39, 0.29) is 5.82 Å². The fourth-order valence-corrected chi connectivity index (χ4v) is 4.04. The number of nitrogens with one attached hydrogen (secondary N) is 1. The predicted molar refractivity (Wildman–Crippen MR) is 117 cm³/mol. The van der Waals surface area contributed by atoms with Gasteiger partial charge in [0.15, 0.2) is 0 Å². The van der Waals surface area contributed by atoms with E-state index in [4.69, 9.17) is 4.98 Å². The molecule has 1 aliphatic rings. The topological polar surface area (TPSA) is 28.2 Å². The van der Waals surface area contributed by atoms with Gasteiger partial charge in [0.05, 0.1) is 11.2 Å². The molecule has 144 valence electrons. The third-order valence-electron chi connectivity index (χ3n) is 5.50. The zero-order valence-corrected chi connectivity index (χ0v) is 16.1. The number of halogens is 1. The van der Waals surface area contributed by atoms with Gasteiger partial charge in [-0.1, -0.05) is 60.7 Å². The Hall–Kier alpha value is -3.40. The zero-order valence-electron chi connectivity index (χ0n) is 16.1. The SMILES string of the molecule is Fc1ccc(CNc2c3c(nc4ccccc24)N(Cc2ccccc2)CC3)cc1. The number of rotatable bonds is 5. The Labute approximate surface area is 169 Å². The first kappa shape index (κ1) is 17.7. The summed E-state index contributed by atoms with van der Waals surface area (Å²) in [5.74, 6) is 0.856. The molecule has 4 heteroatoms. The normalized spacial score (nSPS) is 12.9. The Morgan fingerprint density at radius 3 is 2.45 bits per heavy atom. The maximum Gasteiger partial charge on any atom is 0.134 e. The molecule has 0 saturated heterocycles. The molecule has 3 aromatic carbocycles. The van der Waals surface area contributed by atoms with Crippen LogP contribution in [-0.2, 0) is 19.5 Å². The standard InChI is InChI=1S/C25H22FN3/c26-20-12-10-18(11-13-20)16-27-24-21-8-4-5-9-23(21)28-25-22(24)14-15-29(25)17-19-6-2-1-3-7-19/h1-13H,14-17H2,(H,27,28). The first-order valence-electron chi connectivity index (χ1n) is 9.97. The van der Waals surface area contributed by atoms with Crippen LogP contribution in [0.15, 0.2) is 78.9 Å². The molecule has 0 atom stereocenters. The first-order chi connectivity index (χ1) is 14.3. The summed E-state index contributed by atoms with van der Waals surface area (Å²) in [6.07, 6.45) is 0.964. The van der Waals surface area contributed by atoms with E-state index in [9.17, 15) is 4.39 Å². The van der Waals surface area contributed by atoms with Crippen molar-refractivity contribution in [3.05, 3.63) is 101 Å². The van der Waals surface area contributed by atoms with Gasteiger partial charge in [-0.15, -0.1) is 0 Å². The van der Waals surface area contributed by atoms with Crippen molar-refractivity contribution in [1.82, 2.24) is 4.98 Å². The van der Waals surface area contributed by atoms with Gasteiger partial charge in [0.2, 0.25) is 0 Å². The fraction of sp³-hybridized carbons (Fsp3) is 0.160. The van der Waals surface area contributed by atoms with Crippen molar-refractivity contribution in [1.29, 1.82) is 0 Å². The molecule has 0 fully saturated rings. The molecule has 0 radical (unpaired) electrons. The van der Waals surface area contributed by atoms with Crippen LogP contribution < -0.4 is 10.2 Å². The second-order valence-corrected chi connectivity index (χ2v) is 7.44. The van der Waals surface area contributed by atoms with Crippen LogP contribution in [0.2, 0.25) is 0 Å². The number of hydrogen-bond donors (Lipinski definition) is 1. The van der Waals surface area contributed by atoms with Crippen molar-refractivity contribution < 1.29 is 4.39 Å². The lowest BCUT2D eigenvalue weighted by atomic mass is 10.1. The molecule has 5 rings (SSSR count). The van der Waals surface area contributed by atoms with Gasteiger partial charge in [-0.05, 0) is 35.7 Å². The summed E-state index contributed by atoms with van der Waals surface area (Å²) in [5, 5.41) is 4.75. The Bertz CT molecular complexity index is 1140. The largest absolute Gasteiger partial charge is 0.380 e. The molecule has 1 N–H and O–H groups in total. The van der Waals surface area contributed by atoms with Crippen LogP contribution in [0.3, 0.4) is 0 Å². The van der Waals surface area contributed by atoms with Crippen LogP contribution in [0.5, 0.6) is 0 Å². The molecule has 3 nitrogen and oxygen atoms in total. The summed E-state index contributed by atoms with van der Waals surface area (Å²) in [5.41, 5.74) is 5.75. The summed E-state index contributed by atoms with van der Waals surface area (Å²) in [7, 11) is 0. The highest BCUT2D eigenvalue weighted by molar-refractivity contribution is 5.96. The van der Waals surface area contributed by atoms with Crippen molar-refractivity contribution in [3.63, 3.8) is 0 Å². The van der Waals surface area contributed by atoms with Crippen molar-refractivity contribution in [2.45, 2.75) is 19.5 Å². The molecule has 0 spiro atoms. The van der Waals surface area contributed by atoms with Gasteiger partial charge in [-0.3, -0.25) is 0 Å². The predicted octanol–water partition coefficient (Wildman–Crippen LogP) is 5.55. The van der Waals surface area contributed by atoms with E-state index in [1.54, 1.807) is 0 Å². The Morgan fingerprint density at radius 2 is 1.62 bits per heavy atom. The number of pyridine rings is 1. The van der Waals surface area contributed by atoms with Crippen molar-refractivity contribution in [2.75, 3.05) is 16.8 Å². The summed E-state index contributed by atoms with van der Waals surface area (Å²) in [6, 6.07) is 25.5. The van der Waals surface area contributed by atoms with Crippen LogP contribution in [-0.4, -0.2) is 11.5 Å². The number of para-hydroxylation sites is 1. The van der Waals surface area contributed by atoms with Gasteiger partial charge in [-0.2, -0.15) is 0 Å². The van der Waals surface area contributed by atoms with E-state index >= 15 is 0 Å². The highest BCUT2D eigenvalue weighted by Gasteiger charge is 2.25. The molecule has 4 aromatic rings. The summed E-state index contributed by atoms with van der Waals surface area (Å²) in [4.78, 5) is 7.36. The van der Waals surface area contributed by atoms with Crippen molar-refractivity contribution >= 4 is 22.4 Å². The second kappa shape index (κ2) is 7.55. The fourth-order valence-electron chi connectivity index (χ4n) is 4.04. The molecule has 0 aliphatic carbocycles. The van der Waals surface area contributed by atoms with Crippen molar-refractivity contribution in [2.24, 2.45) is 0 Å². The average molecular weight is 383 g/mol. The quantitative estimate of drug-likeness (QED) is 0.490. The Kier molecular flexibility index (Phi) is 4.60. The third-order valence-corrected chi connectivity index (χ3v) is 5.50. The van der Waals surface area contributed by atoms with Gasteiger partial charge in [0.25, 0.3) is 0 Å². The number of anilines is 2. The molecule has 0 bridgehead atoms. The molecular weight excluding hydrogens is 361 g/mol. The van der Waals surface area contributed by atoms with E-state index < -0.39 is 0 Å². The molecular formula is C25H22FN3. The summed E-state index contributed by atoms with van der Waals surface area (Å²) in [6.45, 7) is 2.47. The van der Waals surface area contributed by atoms with Crippen LogP contribution in [0.1, 0.15) is 16.7 Å². The maximum absolute atomic E-state index is 13.2. The van der Waals surface area contributed by atoms with Gasteiger partial charge >= 0.3 is 0 Å². The van der Waals surface area contributed by atoms with E-state index in [0.29, 0.717) is 6.54 Å². The molecule has 29 heavy (non-hydrogen) atoms. The summed E-state index contributed by atoms with van der Waals surface area (Å²) < 4.78 is 13.2. The van der Waals surface area contributed by atoms with Crippen molar-refractivity contribution in [3.8, 4) is 0 Å². The Balaban J connectivity index is 1.50. The van der Waals surface area contributed by atoms with Gasteiger partial charge in [-0.25, -0.2) is 9.37 Å². The minimum absolute atomic E-state index is 0.208. The molecule has 0 saturated carbocycles. The third kappa shape index (κ3) is 3.54. The van der Waals surface area contributed by atoms with Crippen LogP contribution >= 0.6 is 0 Å². The monoisotopic (exact) mass is 383 g/mol. The smallest absolute Gasteiger partial charge is 0.134 e. The van der Waals surface area contributed by atoms with Gasteiger partial charge in [0, 0.05) is 30.6 Å². The molecule has 0 unspecified atom stereocenters. The number of aromatic nitrogens is 1. The van der Waals surface area contributed by atoms with E-state index in [0.717, 1.165) is 47.5 Å². The highest BCUT2D eigenvalue weighted by Crippen LogP contribution is 2.38. The second-order valence-electron chi connectivity index (χ2n) is 7.44. The van der Waals surface area contributed by atoms with Gasteiger partial charge < -0.3 is 10.2 Å². The van der Waals surface area contributed by atoms with Crippen LogP contribution in [0, 0.1) is 5.82 Å². The minimum atomic E-state index is -0.208. The first-order valence-corrected chi connectivity index (χ1v) is 9.97. The van der Waals surface area contributed by atoms with Crippen LogP contribution in [0.4, 0.5) is 15.9 Å². The molecule has 2 heterocycles. The number of fused-ring (bicyclic) bond motifs is 2. The van der Waals surface area contributed by atoms with E-state index in [1.165, 1.54) is 23.3 Å². The maximum atomic E-state index is 13.2. The lowest BCUT2D eigenvalue weighted by Crippen LogP contribution is -2.20. The summed E-state index contributed by atoms with van der Waals surface area (Å²) >= 11 is 0. The number of hydrogen-bond acceptors (Lipinski definition) is 3. The Morgan fingerprint density at radius 1 is 0.862 bits per heavy atom. The van der Waals surface area contributed by atoms with Crippen LogP contribution in [0.25, 0.3) is 10.9 Å². The lowest BCUT2D eigenvalue weighted by molar-refractivity contribution is 0.627. The molecule has 0 amide bonds. The minimum Gasteiger partial charge on any atom is -0.380 e. The van der Waals surface area contributed by atoms with E-state index in [1.807, 2.05) is 24.3 Å². The van der Waals surface area contributed by atoms with Gasteiger partial charge in [0.1, 0.15) is 11.6 Å². The lowest BCUT2D eigenvalue weighted by Gasteiger charge is -2.20. The number of benzene rings is 3. The van der Waals surface area contributed by atoms with E-state index in [2.05, 4.69) is 52.7 Å². The molecule has 1 aliphatic heterocycles. The molecule has 1 aromatic heterocycles. The average Bonchev–Trinajstić information content (AvgIpc) is 3.15. The highest BCUT2D eigenvalue weighted by atomic mass is 19.1.